The Kier molecular flexibility index (Phi) is 5.81. The van der Waals surface area contributed by atoms with Crippen molar-refractivity contribution in [3.63, 3.8) is 0 Å². The van der Waals surface area contributed by atoms with E-state index >= 15 is 0 Å². The predicted octanol–water partition coefficient (Wildman–Crippen LogP) is 1.32. The summed E-state index contributed by atoms with van der Waals surface area (Å²) in [6.07, 6.45) is 5.10. The molecule has 9 heteroatoms. The van der Waals surface area contributed by atoms with Crippen LogP contribution in [-0.2, 0) is 4.79 Å². The number of benzene rings is 1. The Hall–Kier alpha value is -3.33. The van der Waals surface area contributed by atoms with Gasteiger partial charge < -0.3 is 29.1 Å². The molecule has 168 valence electrons. The molecule has 3 aliphatic heterocycles. The minimum Gasteiger partial charge on any atom is -0.454 e. The molecule has 5 rings (SSSR count). The van der Waals surface area contributed by atoms with Crippen molar-refractivity contribution in [2.45, 2.75) is 0 Å². The van der Waals surface area contributed by atoms with Crippen molar-refractivity contribution in [2.24, 2.45) is 0 Å². The first kappa shape index (κ1) is 20.6. The van der Waals surface area contributed by atoms with Crippen LogP contribution in [0.5, 0.6) is 11.5 Å². The third kappa shape index (κ3) is 4.47. The Labute approximate surface area is 187 Å². The lowest BCUT2D eigenvalue weighted by Gasteiger charge is -2.36. The number of likely N-dealkylation sites (N-methyl/N-ethyl adjacent to an activating group) is 1. The monoisotopic (exact) mass is 436 g/mol. The van der Waals surface area contributed by atoms with Crippen LogP contribution >= 0.6 is 0 Å². The highest BCUT2D eigenvalue weighted by atomic mass is 16.7. The maximum atomic E-state index is 12.7. The van der Waals surface area contributed by atoms with Crippen LogP contribution in [0.15, 0.2) is 36.7 Å². The van der Waals surface area contributed by atoms with Gasteiger partial charge in [0.15, 0.2) is 11.5 Å². The van der Waals surface area contributed by atoms with Gasteiger partial charge in [0.1, 0.15) is 18.0 Å². The lowest BCUT2D eigenvalue weighted by atomic mass is 10.2. The van der Waals surface area contributed by atoms with Crippen LogP contribution in [0.1, 0.15) is 5.56 Å². The fraction of sp³-hybridized carbons (Fsp3) is 0.435. The molecule has 9 nitrogen and oxygen atoms in total. The quantitative estimate of drug-likeness (QED) is 0.665. The molecule has 3 aliphatic rings. The van der Waals surface area contributed by atoms with E-state index in [9.17, 15) is 4.79 Å². The molecule has 0 spiro atoms. The molecular weight excluding hydrogens is 408 g/mol. The van der Waals surface area contributed by atoms with E-state index in [2.05, 4.69) is 37.8 Å². The maximum absolute atomic E-state index is 12.7. The molecule has 2 saturated heterocycles. The summed E-state index contributed by atoms with van der Waals surface area (Å²) in [5, 5.41) is 0. The first-order valence-corrected chi connectivity index (χ1v) is 11.0. The molecule has 2 fully saturated rings. The minimum atomic E-state index is 0.0168. The van der Waals surface area contributed by atoms with Gasteiger partial charge in [-0.3, -0.25) is 4.79 Å². The summed E-state index contributed by atoms with van der Waals surface area (Å²) < 4.78 is 10.7. The normalized spacial score (nSPS) is 19.1. The van der Waals surface area contributed by atoms with Crippen molar-refractivity contribution in [3.05, 3.63) is 42.2 Å². The topological polar surface area (TPSA) is 74.3 Å². The van der Waals surface area contributed by atoms with Gasteiger partial charge in [0.25, 0.3) is 0 Å². The summed E-state index contributed by atoms with van der Waals surface area (Å²) >= 11 is 0. The van der Waals surface area contributed by atoms with Crippen LogP contribution in [0.25, 0.3) is 6.08 Å². The summed E-state index contributed by atoms with van der Waals surface area (Å²) in [4.78, 5) is 30.4. The van der Waals surface area contributed by atoms with Gasteiger partial charge in [-0.1, -0.05) is 6.07 Å². The Morgan fingerprint density at radius 1 is 0.875 bits per heavy atom. The number of carbonyl (C=O) groups excluding carboxylic acids is 1. The van der Waals surface area contributed by atoms with Crippen LogP contribution in [-0.4, -0.2) is 91.9 Å². The average molecular weight is 437 g/mol. The zero-order valence-corrected chi connectivity index (χ0v) is 18.3. The Morgan fingerprint density at radius 2 is 1.53 bits per heavy atom. The van der Waals surface area contributed by atoms with E-state index in [1.165, 1.54) is 0 Å². The molecule has 0 aliphatic carbocycles. The molecule has 32 heavy (non-hydrogen) atoms. The van der Waals surface area contributed by atoms with Crippen LogP contribution < -0.4 is 19.3 Å². The standard InChI is InChI=1S/C23H28N6O3/c1-26-6-8-27(9-7-26)21-15-22(25-16-24-21)28-10-12-29(13-11-28)23(30)5-3-18-2-4-19-20(14-18)32-17-31-19/h2-5,14-16H,6-13,17H2,1H3/b5-3+. The molecule has 0 bridgehead atoms. The zero-order valence-electron chi connectivity index (χ0n) is 18.3. The van der Waals surface area contributed by atoms with Crippen molar-refractivity contribution in [1.29, 1.82) is 0 Å². The van der Waals surface area contributed by atoms with Gasteiger partial charge in [-0.15, -0.1) is 0 Å². The van der Waals surface area contributed by atoms with E-state index in [0.717, 1.165) is 62.2 Å². The van der Waals surface area contributed by atoms with E-state index in [-0.39, 0.29) is 12.7 Å². The summed E-state index contributed by atoms with van der Waals surface area (Å²) in [6, 6.07) is 7.74. The lowest BCUT2D eigenvalue weighted by molar-refractivity contribution is -0.126. The number of carbonyl (C=O) groups is 1. The highest BCUT2D eigenvalue weighted by molar-refractivity contribution is 5.92. The fourth-order valence-corrected chi connectivity index (χ4v) is 4.16. The van der Waals surface area contributed by atoms with Crippen molar-refractivity contribution in [1.82, 2.24) is 19.8 Å². The van der Waals surface area contributed by atoms with Gasteiger partial charge in [-0.25, -0.2) is 9.97 Å². The summed E-state index contributed by atoms with van der Waals surface area (Å²) in [7, 11) is 2.15. The van der Waals surface area contributed by atoms with Crippen molar-refractivity contribution < 1.29 is 14.3 Å². The molecular formula is C23H28N6O3. The molecule has 1 aromatic heterocycles. The first-order chi connectivity index (χ1) is 15.7. The fourth-order valence-electron chi connectivity index (χ4n) is 4.16. The number of piperazine rings is 2. The van der Waals surface area contributed by atoms with E-state index in [4.69, 9.17) is 9.47 Å². The van der Waals surface area contributed by atoms with Crippen molar-refractivity contribution in [2.75, 3.05) is 76.0 Å². The van der Waals surface area contributed by atoms with Crippen LogP contribution in [0.2, 0.25) is 0 Å². The third-order valence-corrected chi connectivity index (χ3v) is 6.20. The largest absolute Gasteiger partial charge is 0.454 e. The highest BCUT2D eigenvalue weighted by Crippen LogP contribution is 2.32. The number of aromatic nitrogens is 2. The molecule has 0 unspecified atom stereocenters. The van der Waals surface area contributed by atoms with Crippen molar-refractivity contribution in [3.8, 4) is 11.5 Å². The molecule has 0 N–H and O–H groups in total. The molecule has 1 amide bonds. The Bertz CT molecular complexity index is 997. The van der Waals surface area contributed by atoms with Crippen LogP contribution in [0, 0.1) is 0 Å². The van der Waals surface area contributed by atoms with E-state index in [0.29, 0.717) is 18.8 Å². The van der Waals surface area contributed by atoms with Crippen LogP contribution in [0.4, 0.5) is 11.6 Å². The minimum absolute atomic E-state index is 0.0168. The van der Waals surface area contributed by atoms with E-state index in [1.54, 1.807) is 12.4 Å². The number of rotatable bonds is 4. The highest BCUT2D eigenvalue weighted by Gasteiger charge is 2.22. The SMILES string of the molecule is CN1CCN(c2cc(N3CCN(C(=O)/C=C/c4ccc5c(c4)OCO5)CC3)ncn2)CC1. The molecule has 1 aromatic carbocycles. The van der Waals surface area contributed by atoms with Gasteiger partial charge in [0.05, 0.1) is 0 Å². The Balaban J connectivity index is 1.16. The third-order valence-electron chi connectivity index (χ3n) is 6.20. The second-order valence-electron chi connectivity index (χ2n) is 8.28. The smallest absolute Gasteiger partial charge is 0.246 e. The van der Waals surface area contributed by atoms with Gasteiger partial charge in [0, 0.05) is 64.5 Å². The second kappa shape index (κ2) is 9.04. The number of fused-ring (bicyclic) bond motifs is 1. The summed E-state index contributed by atoms with van der Waals surface area (Å²) in [6.45, 7) is 7.12. The van der Waals surface area contributed by atoms with Crippen LogP contribution in [0.3, 0.4) is 0 Å². The zero-order chi connectivity index (χ0) is 21.9. The van der Waals surface area contributed by atoms with Gasteiger partial charge in [-0.05, 0) is 30.8 Å². The number of hydrogen-bond acceptors (Lipinski definition) is 8. The average Bonchev–Trinajstić information content (AvgIpc) is 3.31. The van der Waals surface area contributed by atoms with E-state index < -0.39 is 0 Å². The molecule has 0 atom stereocenters. The number of amides is 1. The number of nitrogens with zero attached hydrogens (tertiary/aromatic N) is 6. The molecule has 2 aromatic rings. The summed E-state index contributed by atoms with van der Waals surface area (Å²) in [5.74, 6) is 3.38. The number of ether oxygens (including phenoxy) is 2. The molecule has 4 heterocycles. The second-order valence-corrected chi connectivity index (χ2v) is 8.28. The van der Waals surface area contributed by atoms with Gasteiger partial charge in [0.2, 0.25) is 12.7 Å². The molecule has 0 radical (unpaired) electrons. The van der Waals surface area contributed by atoms with Gasteiger partial charge in [-0.2, -0.15) is 0 Å². The number of anilines is 2. The Morgan fingerprint density at radius 3 is 2.25 bits per heavy atom. The maximum Gasteiger partial charge on any atom is 0.246 e. The predicted molar refractivity (Wildman–Crippen MR) is 122 cm³/mol. The lowest BCUT2D eigenvalue weighted by Crippen LogP contribution is -2.48. The number of hydrogen-bond donors (Lipinski definition) is 0. The first-order valence-electron chi connectivity index (χ1n) is 11.0. The van der Waals surface area contributed by atoms with Gasteiger partial charge >= 0.3 is 0 Å². The van der Waals surface area contributed by atoms with E-state index in [1.807, 2.05) is 29.2 Å². The summed E-state index contributed by atoms with van der Waals surface area (Å²) in [5.41, 5.74) is 0.915. The van der Waals surface area contributed by atoms with Crippen molar-refractivity contribution >= 4 is 23.6 Å². The molecule has 0 saturated carbocycles.